The summed E-state index contributed by atoms with van der Waals surface area (Å²) in [7, 11) is 0. The van der Waals surface area contributed by atoms with Crippen LogP contribution >= 0.6 is 0 Å². The van der Waals surface area contributed by atoms with Gasteiger partial charge in [-0.25, -0.2) is 0 Å². The van der Waals surface area contributed by atoms with Crippen molar-refractivity contribution in [1.29, 1.82) is 0 Å². The highest BCUT2D eigenvalue weighted by Crippen LogP contribution is 2.31. The molecule has 1 atom stereocenters. The average Bonchev–Trinajstić information content (AvgIpc) is 2.53. The fourth-order valence-corrected chi connectivity index (χ4v) is 2.29. The number of hydrogen-bond donors (Lipinski definition) is 1. The lowest BCUT2D eigenvalue weighted by molar-refractivity contribution is 0.0851. The maximum atomic E-state index is 11.1. The molecule has 0 saturated carbocycles. The second-order valence-corrected chi connectivity index (χ2v) is 4.98. The number of ether oxygens (including phenoxy) is 2. The first-order valence-corrected chi connectivity index (χ1v) is 6.84. The van der Waals surface area contributed by atoms with Crippen LogP contribution in [0.4, 0.5) is 0 Å². The van der Waals surface area contributed by atoms with E-state index in [2.05, 4.69) is 4.98 Å². The molecule has 1 aliphatic heterocycles. The summed E-state index contributed by atoms with van der Waals surface area (Å²) in [6.07, 6.45) is 4.76. The van der Waals surface area contributed by atoms with Crippen LogP contribution in [0.1, 0.15) is 22.3 Å². The van der Waals surface area contributed by atoms with Crippen LogP contribution in [-0.2, 0) is 6.42 Å². The Hall–Kier alpha value is -2.56. The Kier molecular flexibility index (Phi) is 3.73. The van der Waals surface area contributed by atoms with Crippen molar-refractivity contribution in [2.24, 2.45) is 5.73 Å². The van der Waals surface area contributed by atoms with E-state index in [-0.39, 0.29) is 6.10 Å². The van der Waals surface area contributed by atoms with Gasteiger partial charge in [0.1, 0.15) is 12.7 Å². The van der Waals surface area contributed by atoms with E-state index in [4.69, 9.17) is 15.2 Å². The maximum Gasteiger partial charge on any atom is 0.250 e. The van der Waals surface area contributed by atoms with Gasteiger partial charge in [-0.1, -0.05) is 12.1 Å². The number of aryl methyl sites for hydroxylation is 1. The van der Waals surface area contributed by atoms with Crippen molar-refractivity contribution >= 4 is 5.91 Å². The van der Waals surface area contributed by atoms with Gasteiger partial charge in [0.05, 0.1) is 5.56 Å². The summed E-state index contributed by atoms with van der Waals surface area (Å²) in [5.74, 6) is 1.10. The van der Waals surface area contributed by atoms with Crippen LogP contribution in [-0.4, -0.2) is 23.6 Å². The van der Waals surface area contributed by atoms with Gasteiger partial charge in [0.15, 0.2) is 11.5 Å². The summed E-state index contributed by atoms with van der Waals surface area (Å²) in [5, 5.41) is 0. The number of rotatable bonds is 4. The van der Waals surface area contributed by atoms with Gasteiger partial charge in [0, 0.05) is 12.4 Å². The number of primary amides is 1. The quantitative estimate of drug-likeness (QED) is 0.931. The number of carbonyl (C=O) groups is 1. The SMILES string of the molecule is NC(=O)c1cncc(CC[C@@H]2COc3ccccc3O2)c1. The Morgan fingerprint density at radius 1 is 1.29 bits per heavy atom. The third-order valence-corrected chi connectivity index (χ3v) is 3.40. The largest absolute Gasteiger partial charge is 0.486 e. The number of amides is 1. The number of para-hydroxylation sites is 2. The molecule has 1 aromatic carbocycles. The molecule has 0 saturated heterocycles. The van der Waals surface area contributed by atoms with Gasteiger partial charge < -0.3 is 15.2 Å². The Labute approximate surface area is 122 Å². The fourth-order valence-electron chi connectivity index (χ4n) is 2.29. The van der Waals surface area contributed by atoms with Crippen LogP contribution in [0.15, 0.2) is 42.7 Å². The van der Waals surface area contributed by atoms with E-state index in [1.165, 1.54) is 6.20 Å². The molecule has 2 heterocycles. The standard InChI is InChI=1S/C16H16N2O3/c17-16(19)12-7-11(8-18-9-12)5-6-13-10-20-14-3-1-2-4-15(14)21-13/h1-4,7-9,13H,5-6,10H2,(H2,17,19)/t13-/m1/s1. The molecular formula is C16H16N2O3. The van der Waals surface area contributed by atoms with E-state index in [0.29, 0.717) is 12.2 Å². The first-order valence-electron chi connectivity index (χ1n) is 6.84. The molecule has 0 unspecified atom stereocenters. The van der Waals surface area contributed by atoms with E-state index in [0.717, 1.165) is 29.9 Å². The molecule has 0 spiro atoms. The van der Waals surface area contributed by atoms with Crippen LogP contribution in [0, 0.1) is 0 Å². The number of pyridine rings is 1. The Bertz CT molecular complexity index is 657. The number of fused-ring (bicyclic) bond motifs is 1. The molecule has 0 bridgehead atoms. The van der Waals surface area contributed by atoms with Crippen molar-refractivity contribution in [2.75, 3.05) is 6.61 Å². The maximum absolute atomic E-state index is 11.1. The van der Waals surface area contributed by atoms with Crippen LogP contribution in [0.2, 0.25) is 0 Å². The normalized spacial score (nSPS) is 16.5. The predicted octanol–water partition coefficient (Wildman–Crippen LogP) is 1.95. The number of nitrogens with zero attached hydrogens (tertiary/aromatic N) is 1. The van der Waals surface area contributed by atoms with Crippen LogP contribution in [0.5, 0.6) is 11.5 Å². The topological polar surface area (TPSA) is 74.4 Å². The van der Waals surface area contributed by atoms with Gasteiger partial charge in [-0.05, 0) is 36.6 Å². The second-order valence-electron chi connectivity index (χ2n) is 4.98. The second kappa shape index (κ2) is 5.83. The Balaban J connectivity index is 1.61. The van der Waals surface area contributed by atoms with E-state index < -0.39 is 5.91 Å². The minimum Gasteiger partial charge on any atom is -0.486 e. The van der Waals surface area contributed by atoms with Crippen LogP contribution in [0.3, 0.4) is 0 Å². The summed E-state index contributed by atoms with van der Waals surface area (Å²) in [6, 6.07) is 9.41. The average molecular weight is 284 g/mol. The molecule has 2 aromatic rings. The molecule has 1 aliphatic rings. The molecule has 1 amide bonds. The van der Waals surface area contributed by atoms with Crippen molar-refractivity contribution < 1.29 is 14.3 Å². The summed E-state index contributed by atoms with van der Waals surface area (Å²) in [6.45, 7) is 0.528. The molecule has 2 N–H and O–H groups in total. The number of benzene rings is 1. The molecular weight excluding hydrogens is 268 g/mol. The van der Waals surface area contributed by atoms with E-state index in [1.54, 1.807) is 12.3 Å². The van der Waals surface area contributed by atoms with E-state index >= 15 is 0 Å². The number of carbonyl (C=O) groups excluding carboxylic acids is 1. The molecule has 21 heavy (non-hydrogen) atoms. The zero-order valence-electron chi connectivity index (χ0n) is 11.5. The van der Waals surface area contributed by atoms with Gasteiger partial charge in [-0.15, -0.1) is 0 Å². The highest BCUT2D eigenvalue weighted by molar-refractivity contribution is 5.92. The van der Waals surface area contributed by atoms with Gasteiger partial charge >= 0.3 is 0 Å². The minimum atomic E-state index is -0.462. The predicted molar refractivity (Wildman–Crippen MR) is 77.4 cm³/mol. The molecule has 0 aliphatic carbocycles. The molecule has 0 radical (unpaired) electrons. The van der Waals surface area contributed by atoms with Crippen molar-refractivity contribution in [3.63, 3.8) is 0 Å². The zero-order valence-corrected chi connectivity index (χ0v) is 11.5. The zero-order chi connectivity index (χ0) is 14.7. The minimum absolute atomic E-state index is 0.00265. The molecule has 3 rings (SSSR count). The highest BCUT2D eigenvalue weighted by atomic mass is 16.6. The summed E-state index contributed by atoms with van der Waals surface area (Å²) in [5.41, 5.74) is 6.65. The Morgan fingerprint density at radius 2 is 2.10 bits per heavy atom. The lowest BCUT2D eigenvalue weighted by Crippen LogP contribution is -2.29. The van der Waals surface area contributed by atoms with Crippen molar-refractivity contribution in [1.82, 2.24) is 4.98 Å². The molecule has 0 fully saturated rings. The molecule has 108 valence electrons. The van der Waals surface area contributed by atoms with E-state index in [9.17, 15) is 4.79 Å². The summed E-state index contributed by atoms with van der Waals surface area (Å²) in [4.78, 5) is 15.2. The van der Waals surface area contributed by atoms with Gasteiger partial charge in [0.25, 0.3) is 0 Å². The van der Waals surface area contributed by atoms with Crippen LogP contribution in [0.25, 0.3) is 0 Å². The number of hydrogen-bond acceptors (Lipinski definition) is 4. The van der Waals surface area contributed by atoms with E-state index in [1.807, 2.05) is 24.3 Å². The lowest BCUT2D eigenvalue weighted by atomic mass is 10.1. The summed E-state index contributed by atoms with van der Waals surface area (Å²) >= 11 is 0. The Morgan fingerprint density at radius 3 is 2.90 bits per heavy atom. The van der Waals surface area contributed by atoms with Crippen molar-refractivity contribution in [3.8, 4) is 11.5 Å². The molecule has 5 heteroatoms. The number of aromatic nitrogens is 1. The van der Waals surface area contributed by atoms with Crippen molar-refractivity contribution in [3.05, 3.63) is 53.9 Å². The first kappa shape index (κ1) is 13.4. The van der Waals surface area contributed by atoms with Crippen LogP contribution < -0.4 is 15.2 Å². The smallest absolute Gasteiger partial charge is 0.250 e. The van der Waals surface area contributed by atoms with Gasteiger partial charge in [-0.2, -0.15) is 0 Å². The third kappa shape index (κ3) is 3.13. The number of nitrogens with two attached hydrogens (primary N) is 1. The highest BCUT2D eigenvalue weighted by Gasteiger charge is 2.20. The van der Waals surface area contributed by atoms with Crippen molar-refractivity contribution in [2.45, 2.75) is 18.9 Å². The van der Waals surface area contributed by atoms with Gasteiger partial charge in [-0.3, -0.25) is 9.78 Å². The monoisotopic (exact) mass is 284 g/mol. The van der Waals surface area contributed by atoms with Gasteiger partial charge in [0.2, 0.25) is 5.91 Å². The lowest BCUT2D eigenvalue weighted by Gasteiger charge is -2.26. The first-order chi connectivity index (χ1) is 10.2. The molecule has 1 aromatic heterocycles. The fraction of sp³-hybridized carbons (Fsp3) is 0.250. The summed E-state index contributed by atoms with van der Waals surface area (Å²) < 4.78 is 11.6. The molecule has 5 nitrogen and oxygen atoms in total. The third-order valence-electron chi connectivity index (χ3n) is 3.40.